The van der Waals surface area contributed by atoms with Crippen LogP contribution in [0.1, 0.15) is 30.9 Å². The second-order valence-electron chi connectivity index (χ2n) is 5.15. The third-order valence-electron chi connectivity index (χ3n) is 3.60. The molecule has 0 aromatic carbocycles. The molecule has 1 aromatic rings. The molecule has 2 rings (SSSR count). The van der Waals surface area contributed by atoms with Crippen LogP contribution < -0.4 is 4.57 Å². The number of pyridine rings is 1. The standard InChI is InChI=1S/C13H20N2O3S/c1-14-7-3-6-13(14)12-5-2-8-15(11-12)9-4-10-19(16,17)18/h2,5,8,11,13H,3-4,6-7,9-10H2,1H3/p+1. The lowest BCUT2D eigenvalue weighted by molar-refractivity contribution is -0.697. The van der Waals surface area contributed by atoms with E-state index in [1.54, 1.807) is 0 Å². The van der Waals surface area contributed by atoms with Crippen molar-refractivity contribution in [3.05, 3.63) is 30.1 Å². The van der Waals surface area contributed by atoms with Crippen LogP contribution in [0.2, 0.25) is 0 Å². The van der Waals surface area contributed by atoms with Gasteiger partial charge in [-0.1, -0.05) is 0 Å². The second-order valence-corrected chi connectivity index (χ2v) is 6.73. The van der Waals surface area contributed by atoms with Crippen LogP contribution in [-0.2, 0) is 16.7 Å². The monoisotopic (exact) mass is 285 g/mol. The van der Waals surface area contributed by atoms with E-state index in [9.17, 15) is 8.42 Å². The van der Waals surface area contributed by atoms with Gasteiger partial charge in [0, 0.05) is 24.1 Å². The first-order chi connectivity index (χ1) is 8.96. The predicted molar refractivity (Wildman–Crippen MR) is 72.3 cm³/mol. The van der Waals surface area contributed by atoms with E-state index >= 15 is 0 Å². The van der Waals surface area contributed by atoms with Gasteiger partial charge in [-0.05, 0) is 32.5 Å². The lowest BCUT2D eigenvalue weighted by Crippen LogP contribution is -2.35. The van der Waals surface area contributed by atoms with Crippen LogP contribution >= 0.6 is 0 Å². The first-order valence-corrected chi connectivity index (χ1v) is 8.21. The van der Waals surface area contributed by atoms with E-state index in [4.69, 9.17) is 4.55 Å². The maximum atomic E-state index is 10.7. The molecule has 1 atom stereocenters. The zero-order valence-corrected chi connectivity index (χ0v) is 12.0. The van der Waals surface area contributed by atoms with Crippen LogP contribution in [0.4, 0.5) is 0 Å². The Morgan fingerprint density at radius 1 is 1.53 bits per heavy atom. The molecule has 0 bridgehead atoms. The summed E-state index contributed by atoms with van der Waals surface area (Å²) < 4.78 is 32.1. The van der Waals surface area contributed by atoms with Crippen molar-refractivity contribution in [3.63, 3.8) is 0 Å². The third kappa shape index (κ3) is 4.26. The van der Waals surface area contributed by atoms with Crippen molar-refractivity contribution in [2.24, 2.45) is 0 Å². The summed E-state index contributed by atoms with van der Waals surface area (Å²) in [4.78, 5) is 2.35. The van der Waals surface area contributed by atoms with E-state index in [2.05, 4.69) is 24.2 Å². The number of hydrogen-bond donors (Lipinski definition) is 1. The van der Waals surface area contributed by atoms with Crippen molar-refractivity contribution >= 4 is 10.1 Å². The molecule has 1 saturated heterocycles. The van der Waals surface area contributed by atoms with Gasteiger partial charge in [0.15, 0.2) is 12.4 Å². The topological polar surface area (TPSA) is 61.5 Å². The zero-order valence-electron chi connectivity index (χ0n) is 11.2. The summed E-state index contributed by atoms with van der Waals surface area (Å²) in [5, 5.41) is 0. The Balaban J connectivity index is 1.99. The SMILES string of the molecule is CN1CCCC1c1ccc[n+](CCCS(=O)(=O)O)c1. The molecule has 1 fully saturated rings. The fourth-order valence-electron chi connectivity index (χ4n) is 2.64. The average Bonchev–Trinajstić information content (AvgIpc) is 2.74. The Morgan fingerprint density at radius 2 is 2.32 bits per heavy atom. The summed E-state index contributed by atoms with van der Waals surface area (Å²) in [6.07, 6.45) is 6.83. The molecule has 1 aliphatic rings. The molecular weight excluding hydrogens is 264 g/mol. The Labute approximate surface area is 114 Å². The quantitative estimate of drug-likeness (QED) is 0.648. The van der Waals surface area contributed by atoms with Gasteiger partial charge < -0.3 is 0 Å². The first-order valence-electron chi connectivity index (χ1n) is 6.60. The van der Waals surface area contributed by atoms with Crippen LogP contribution in [0.3, 0.4) is 0 Å². The van der Waals surface area contributed by atoms with Gasteiger partial charge in [0.1, 0.15) is 6.54 Å². The fraction of sp³-hybridized carbons (Fsp3) is 0.615. The summed E-state index contributed by atoms with van der Waals surface area (Å²) in [6, 6.07) is 4.58. The Bertz CT molecular complexity index is 530. The number of aromatic nitrogens is 1. The normalized spacial score (nSPS) is 20.8. The van der Waals surface area contributed by atoms with Gasteiger partial charge in [0.2, 0.25) is 0 Å². The Kier molecular flexibility index (Phi) is 4.54. The van der Waals surface area contributed by atoms with Gasteiger partial charge in [-0.3, -0.25) is 9.45 Å². The highest BCUT2D eigenvalue weighted by Gasteiger charge is 2.24. The molecule has 1 N–H and O–H groups in total. The molecule has 0 amide bonds. The minimum Gasteiger partial charge on any atom is -0.299 e. The smallest absolute Gasteiger partial charge is 0.265 e. The van der Waals surface area contributed by atoms with Gasteiger partial charge in [-0.2, -0.15) is 8.42 Å². The van der Waals surface area contributed by atoms with Gasteiger partial charge in [-0.25, -0.2) is 4.57 Å². The third-order valence-corrected chi connectivity index (χ3v) is 4.41. The molecule has 19 heavy (non-hydrogen) atoms. The Hall–Kier alpha value is -0.980. The number of nitrogens with zero attached hydrogens (tertiary/aromatic N) is 2. The van der Waals surface area contributed by atoms with Crippen LogP contribution in [0, 0.1) is 0 Å². The molecule has 5 nitrogen and oxygen atoms in total. The van der Waals surface area contributed by atoms with E-state index in [-0.39, 0.29) is 5.75 Å². The highest BCUT2D eigenvalue weighted by atomic mass is 32.2. The van der Waals surface area contributed by atoms with Crippen molar-refractivity contribution in [3.8, 4) is 0 Å². The van der Waals surface area contributed by atoms with E-state index in [1.807, 2.05) is 16.8 Å². The molecule has 0 spiro atoms. The van der Waals surface area contributed by atoms with Gasteiger partial charge in [0.05, 0.1) is 5.75 Å². The number of hydrogen-bond acceptors (Lipinski definition) is 3. The molecule has 2 heterocycles. The van der Waals surface area contributed by atoms with Gasteiger partial charge in [-0.15, -0.1) is 0 Å². The number of rotatable bonds is 5. The van der Waals surface area contributed by atoms with E-state index in [0.29, 0.717) is 19.0 Å². The number of likely N-dealkylation sites (tertiary alicyclic amines) is 1. The van der Waals surface area contributed by atoms with E-state index < -0.39 is 10.1 Å². The first kappa shape index (κ1) is 14.4. The molecular formula is C13H21N2O3S+. The van der Waals surface area contributed by atoms with Crippen LogP contribution in [0.15, 0.2) is 24.5 Å². The summed E-state index contributed by atoms with van der Waals surface area (Å²) in [5.74, 6) is -0.187. The maximum absolute atomic E-state index is 10.7. The molecule has 6 heteroatoms. The highest BCUT2D eigenvalue weighted by molar-refractivity contribution is 7.85. The number of aryl methyl sites for hydroxylation is 1. The van der Waals surface area contributed by atoms with Crippen LogP contribution in [0.25, 0.3) is 0 Å². The zero-order chi connectivity index (χ0) is 13.9. The average molecular weight is 285 g/mol. The predicted octanol–water partition coefficient (Wildman–Crippen LogP) is 1.02. The van der Waals surface area contributed by atoms with Crippen LogP contribution in [0.5, 0.6) is 0 Å². The maximum Gasteiger partial charge on any atom is 0.265 e. The fourth-order valence-corrected chi connectivity index (χ4v) is 3.13. The molecule has 1 unspecified atom stereocenters. The summed E-state index contributed by atoms with van der Waals surface area (Å²) in [7, 11) is -1.72. The van der Waals surface area contributed by atoms with E-state index in [0.717, 1.165) is 6.54 Å². The van der Waals surface area contributed by atoms with Crippen molar-refractivity contribution in [2.45, 2.75) is 31.8 Å². The minimum atomic E-state index is -3.85. The minimum absolute atomic E-state index is 0.187. The largest absolute Gasteiger partial charge is 0.299 e. The lowest BCUT2D eigenvalue weighted by Gasteiger charge is -2.18. The molecule has 1 aromatic heterocycles. The lowest BCUT2D eigenvalue weighted by atomic mass is 10.1. The second kappa shape index (κ2) is 5.98. The van der Waals surface area contributed by atoms with Gasteiger partial charge in [0.25, 0.3) is 10.1 Å². The van der Waals surface area contributed by atoms with Crippen LogP contribution in [-0.4, -0.2) is 37.2 Å². The summed E-state index contributed by atoms with van der Waals surface area (Å²) in [5.41, 5.74) is 1.27. The molecule has 0 saturated carbocycles. The Morgan fingerprint density at radius 3 is 2.95 bits per heavy atom. The molecule has 0 aliphatic carbocycles. The van der Waals surface area contributed by atoms with Crippen molar-refractivity contribution in [1.82, 2.24) is 4.90 Å². The van der Waals surface area contributed by atoms with Crippen molar-refractivity contribution in [2.75, 3.05) is 19.3 Å². The van der Waals surface area contributed by atoms with Crippen molar-refractivity contribution in [1.29, 1.82) is 0 Å². The van der Waals surface area contributed by atoms with Crippen molar-refractivity contribution < 1.29 is 17.5 Å². The highest BCUT2D eigenvalue weighted by Crippen LogP contribution is 2.29. The summed E-state index contributed by atoms with van der Waals surface area (Å²) >= 11 is 0. The molecule has 0 radical (unpaired) electrons. The van der Waals surface area contributed by atoms with E-state index in [1.165, 1.54) is 18.4 Å². The van der Waals surface area contributed by atoms with Gasteiger partial charge >= 0.3 is 0 Å². The summed E-state index contributed by atoms with van der Waals surface area (Å²) in [6.45, 7) is 1.73. The molecule has 1 aliphatic heterocycles. The molecule has 106 valence electrons.